The molecule has 0 aliphatic heterocycles. The van der Waals surface area contributed by atoms with Gasteiger partial charge in [0.15, 0.2) is 12.2 Å². The molecule has 0 saturated carbocycles. The molecule has 0 saturated heterocycles. The molecule has 588 valence electrons. The molecule has 5 unspecified atom stereocenters. The van der Waals surface area contributed by atoms with Gasteiger partial charge in [-0.1, -0.05) is 265 Å². The Morgan fingerprint density at radius 2 is 0.500 bits per heavy atom. The quantitative estimate of drug-likeness (QED) is 0.0169. The van der Waals surface area contributed by atoms with E-state index >= 15 is 0 Å². The first kappa shape index (κ1) is 97.7. The monoisotopic (exact) mass is 1470 g/mol. The standard InChI is InChI=1S/C83H144O17P2/c1-5-9-13-17-21-25-29-33-36-37-38-39-42-45-48-52-56-60-64-68-81(86)94-73-78(99-82(87)69-65-61-57-53-49-43-32-28-24-20-16-12-8-4)75-97-101(89,90)95-71-77(84)72-96-102(91,92)98-76-79(100-83(88)70-66-62-58-54-50-46-41-35-31-27-23-19-15-11-7-3)74-93-80(85)67-63-59-55-51-47-44-40-34-30-26-22-18-14-10-6-2/h16,20-23,25-28,32-36,38-41,77-79,84H,5-15,17-19,24,29-31,37,42-76H2,1-4H3,(H,89,90)(H,91,92)/b20-16-,25-21-,26-22-,27-23-,32-28-,36-33-,39-38-,40-34-,41-35-. The molecule has 19 heteroatoms. The molecule has 0 fully saturated rings. The second-order valence-electron chi connectivity index (χ2n) is 26.6. The largest absolute Gasteiger partial charge is 0.472 e. The smallest absolute Gasteiger partial charge is 0.462 e. The van der Waals surface area contributed by atoms with Crippen LogP contribution >= 0.6 is 15.6 Å². The van der Waals surface area contributed by atoms with Gasteiger partial charge in [0.1, 0.15) is 19.3 Å². The number of phosphoric acid groups is 2. The second-order valence-corrected chi connectivity index (χ2v) is 29.5. The van der Waals surface area contributed by atoms with Crippen LogP contribution in [0.3, 0.4) is 0 Å². The molecule has 0 radical (unpaired) electrons. The zero-order chi connectivity index (χ0) is 74.6. The van der Waals surface area contributed by atoms with E-state index in [-0.39, 0.29) is 25.7 Å². The van der Waals surface area contributed by atoms with Crippen LogP contribution in [0.15, 0.2) is 109 Å². The molecule has 0 aromatic heterocycles. The number of esters is 4. The van der Waals surface area contributed by atoms with Crippen LogP contribution in [-0.2, 0) is 65.4 Å². The average Bonchev–Trinajstić information content (AvgIpc) is 0.920. The van der Waals surface area contributed by atoms with Crippen molar-refractivity contribution in [2.45, 2.75) is 354 Å². The molecule has 0 aromatic carbocycles. The van der Waals surface area contributed by atoms with Gasteiger partial charge in [0.2, 0.25) is 0 Å². The molecule has 3 N–H and O–H groups in total. The lowest BCUT2D eigenvalue weighted by Crippen LogP contribution is -2.30. The van der Waals surface area contributed by atoms with Crippen LogP contribution in [0.4, 0.5) is 0 Å². The minimum absolute atomic E-state index is 0.0742. The number of allylic oxidation sites excluding steroid dienone is 18. The number of aliphatic hydroxyl groups excluding tert-OH is 1. The Kier molecular flexibility index (Phi) is 71.8. The number of unbranched alkanes of at least 4 members (excludes halogenated alkanes) is 31. The van der Waals surface area contributed by atoms with Gasteiger partial charge in [-0.2, -0.15) is 0 Å². The van der Waals surface area contributed by atoms with Gasteiger partial charge in [0.05, 0.1) is 26.4 Å². The summed E-state index contributed by atoms with van der Waals surface area (Å²) >= 11 is 0. The lowest BCUT2D eigenvalue weighted by atomic mass is 10.1. The molecule has 0 aliphatic rings. The summed E-state index contributed by atoms with van der Waals surface area (Å²) < 4.78 is 68.6. The number of phosphoric ester groups is 2. The van der Waals surface area contributed by atoms with E-state index in [1.165, 1.54) is 57.8 Å². The van der Waals surface area contributed by atoms with Gasteiger partial charge in [-0.25, -0.2) is 9.13 Å². The molecule has 102 heavy (non-hydrogen) atoms. The van der Waals surface area contributed by atoms with Crippen molar-refractivity contribution in [3.8, 4) is 0 Å². The highest BCUT2D eigenvalue weighted by atomic mass is 31.2. The summed E-state index contributed by atoms with van der Waals surface area (Å²) in [6.45, 7) is 4.69. The Morgan fingerprint density at radius 3 is 0.775 bits per heavy atom. The third-order valence-electron chi connectivity index (χ3n) is 16.7. The number of aliphatic hydroxyl groups is 1. The maximum atomic E-state index is 13.1. The zero-order valence-electron chi connectivity index (χ0n) is 64.3. The van der Waals surface area contributed by atoms with E-state index in [9.17, 15) is 43.2 Å². The predicted molar refractivity (Wildman–Crippen MR) is 418 cm³/mol. The van der Waals surface area contributed by atoms with Gasteiger partial charge in [-0.15, -0.1) is 0 Å². The van der Waals surface area contributed by atoms with Crippen molar-refractivity contribution in [1.29, 1.82) is 0 Å². The van der Waals surface area contributed by atoms with Gasteiger partial charge in [0.25, 0.3) is 0 Å². The van der Waals surface area contributed by atoms with Crippen molar-refractivity contribution in [3.63, 3.8) is 0 Å². The van der Waals surface area contributed by atoms with Crippen LogP contribution in [0.25, 0.3) is 0 Å². The Bertz CT molecular complexity index is 2360. The van der Waals surface area contributed by atoms with Crippen molar-refractivity contribution >= 4 is 39.5 Å². The number of hydrogen-bond acceptors (Lipinski definition) is 15. The lowest BCUT2D eigenvalue weighted by Gasteiger charge is -2.21. The molecule has 0 rings (SSSR count). The van der Waals surface area contributed by atoms with E-state index in [2.05, 4.69) is 137 Å². The van der Waals surface area contributed by atoms with Crippen LogP contribution < -0.4 is 0 Å². The average molecular weight is 1480 g/mol. The van der Waals surface area contributed by atoms with Crippen LogP contribution in [0, 0.1) is 0 Å². The van der Waals surface area contributed by atoms with Gasteiger partial charge in [-0.3, -0.25) is 37.3 Å². The maximum Gasteiger partial charge on any atom is 0.472 e. The van der Waals surface area contributed by atoms with E-state index in [0.717, 1.165) is 199 Å². The van der Waals surface area contributed by atoms with Crippen molar-refractivity contribution in [2.24, 2.45) is 0 Å². The van der Waals surface area contributed by atoms with E-state index in [4.69, 9.17) is 37.0 Å². The number of ether oxygens (including phenoxy) is 4. The van der Waals surface area contributed by atoms with Crippen LogP contribution in [-0.4, -0.2) is 96.7 Å². The highest BCUT2D eigenvalue weighted by molar-refractivity contribution is 7.47. The summed E-state index contributed by atoms with van der Waals surface area (Å²) in [7, 11) is -9.97. The molecular weight excluding hydrogens is 1330 g/mol. The number of carbonyl (C=O) groups excluding carboxylic acids is 4. The zero-order valence-corrected chi connectivity index (χ0v) is 66.0. The molecule has 0 spiro atoms. The molecule has 0 amide bonds. The SMILES string of the molecule is CCC/C=C\C/C=C\CCCCCCCC(=O)OC(COC(=O)CCCCCCCC/C=C\C/C=C\C/C=C\CCCCC)COP(=O)(O)OCC(O)COP(=O)(O)OCC(COC(=O)CCCCCCC/C=C\C/C=C\CCCCC)OC(=O)CCCCCCC/C=C\C/C=C\CCCCC. The van der Waals surface area contributed by atoms with Crippen LogP contribution in [0.2, 0.25) is 0 Å². The predicted octanol–water partition coefficient (Wildman–Crippen LogP) is 23.3. The Labute approximate surface area is 619 Å². The fraction of sp³-hybridized carbons (Fsp3) is 0.735. The highest BCUT2D eigenvalue weighted by Crippen LogP contribution is 2.45. The topological polar surface area (TPSA) is 237 Å². The highest BCUT2D eigenvalue weighted by Gasteiger charge is 2.30. The normalized spacial score (nSPS) is 14.5. The van der Waals surface area contributed by atoms with Crippen molar-refractivity contribution in [2.75, 3.05) is 39.6 Å². The Morgan fingerprint density at radius 1 is 0.275 bits per heavy atom. The van der Waals surface area contributed by atoms with E-state index in [1.807, 2.05) is 0 Å². The van der Waals surface area contributed by atoms with Gasteiger partial charge in [0, 0.05) is 25.7 Å². The van der Waals surface area contributed by atoms with Gasteiger partial charge >= 0.3 is 39.5 Å². The summed E-state index contributed by atoms with van der Waals surface area (Å²) in [5, 5.41) is 10.6. The first-order valence-electron chi connectivity index (χ1n) is 40.1. The third kappa shape index (κ3) is 74.0. The minimum atomic E-state index is -4.99. The summed E-state index contributed by atoms with van der Waals surface area (Å²) in [6, 6.07) is 0. The van der Waals surface area contributed by atoms with Crippen molar-refractivity contribution in [1.82, 2.24) is 0 Å². The van der Waals surface area contributed by atoms with Crippen LogP contribution in [0.5, 0.6) is 0 Å². The fourth-order valence-electron chi connectivity index (χ4n) is 10.5. The lowest BCUT2D eigenvalue weighted by molar-refractivity contribution is -0.161. The number of carbonyl (C=O) groups is 4. The van der Waals surface area contributed by atoms with E-state index < -0.39 is 97.5 Å². The first-order chi connectivity index (χ1) is 49.7. The summed E-state index contributed by atoms with van der Waals surface area (Å²) in [5.41, 5.74) is 0. The van der Waals surface area contributed by atoms with Gasteiger partial charge in [-0.05, 0) is 154 Å². The van der Waals surface area contributed by atoms with E-state index in [0.29, 0.717) is 25.7 Å². The molecule has 17 nitrogen and oxygen atoms in total. The Balaban J connectivity index is 5.37. The van der Waals surface area contributed by atoms with E-state index in [1.54, 1.807) is 0 Å². The summed E-state index contributed by atoms with van der Waals surface area (Å²) in [6.07, 6.45) is 80.6. The first-order valence-corrected chi connectivity index (χ1v) is 43.1. The van der Waals surface area contributed by atoms with Gasteiger partial charge < -0.3 is 33.8 Å². The minimum Gasteiger partial charge on any atom is -0.462 e. The maximum absolute atomic E-state index is 13.1. The number of rotatable bonds is 75. The molecular formula is C83H144O17P2. The second kappa shape index (κ2) is 75.0. The third-order valence-corrected chi connectivity index (χ3v) is 18.6. The summed E-state index contributed by atoms with van der Waals surface area (Å²) in [5.74, 6) is -2.22. The molecule has 0 aliphatic carbocycles. The van der Waals surface area contributed by atoms with Crippen molar-refractivity contribution < 1.29 is 80.2 Å². The van der Waals surface area contributed by atoms with Crippen molar-refractivity contribution in [3.05, 3.63) is 109 Å². The number of hydrogen-bond donors (Lipinski definition) is 3. The van der Waals surface area contributed by atoms with Crippen LogP contribution in [0.1, 0.15) is 336 Å². The molecule has 5 atom stereocenters. The molecule has 0 heterocycles. The summed E-state index contributed by atoms with van der Waals surface area (Å²) in [4.78, 5) is 73.0. The molecule has 0 bridgehead atoms. The molecule has 0 aromatic rings. The Hall–Kier alpha value is -4.28. The fourth-order valence-corrected chi connectivity index (χ4v) is 12.1.